The van der Waals surface area contributed by atoms with Gasteiger partial charge in [-0.1, -0.05) is 12.1 Å². The molecular weight excluding hydrogens is 382 g/mol. The van der Waals surface area contributed by atoms with E-state index in [0.29, 0.717) is 54.6 Å². The van der Waals surface area contributed by atoms with E-state index in [2.05, 4.69) is 10.2 Å². The van der Waals surface area contributed by atoms with Crippen LogP contribution in [0.5, 0.6) is 5.75 Å². The van der Waals surface area contributed by atoms with Crippen LogP contribution in [-0.2, 0) is 4.74 Å². The summed E-state index contributed by atoms with van der Waals surface area (Å²) in [5.41, 5.74) is 14.6. The Morgan fingerprint density at radius 2 is 1.97 bits per heavy atom. The molecule has 2 aromatic rings. The van der Waals surface area contributed by atoms with Crippen LogP contribution >= 0.6 is 0 Å². The Kier molecular flexibility index (Phi) is 7.42. The van der Waals surface area contributed by atoms with Crippen molar-refractivity contribution in [1.82, 2.24) is 0 Å². The van der Waals surface area contributed by atoms with Crippen LogP contribution in [0.4, 0.5) is 11.4 Å². The summed E-state index contributed by atoms with van der Waals surface area (Å²) in [4.78, 5) is 15.2. The molecule has 0 aliphatic carbocycles. The van der Waals surface area contributed by atoms with Crippen LogP contribution in [0.15, 0.2) is 48.5 Å². The number of rotatable bonds is 8. The molecule has 1 aliphatic rings. The number of hydrogen-bond donors (Lipinski definition) is 4. The predicted octanol–water partition coefficient (Wildman–Crippen LogP) is 2.06. The summed E-state index contributed by atoms with van der Waals surface area (Å²) in [6, 6.07) is 12.7. The Morgan fingerprint density at radius 3 is 2.70 bits per heavy atom. The molecule has 0 aromatic heterocycles. The average Bonchev–Trinajstić information content (AvgIpc) is 2.79. The maximum atomic E-state index is 13.0. The predicted molar refractivity (Wildman–Crippen MR) is 119 cm³/mol. The average molecular weight is 409 g/mol. The second-order valence-electron chi connectivity index (χ2n) is 6.71. The number of hydrogen-bond acceptors (Lipinski definition) is 7. The van der Waals surface area contributed by atoms with Crippen molar-refractivity contribution >= 4 is 29.2 Å². The number of benzene rings is 2. The van der Waals surface area contributed by atoms with Gasteiger partial charge in [0.15, 0.2) is 0 Å². The fraction of sp³-hybridized carbons (Fsp3) is 0.273. The Bertz CT molecular complexity index is 923. The first kappa shape index (κ1) is 21.4. The van der Waals surface area contributed by atoms with Gasteiger partial charge in [-0.2, -0.15) is 0 Å². The molecule has 6 N–H and O–H groups in total. The number of para-hydroxylation sites is 1. The van der Waals surface area contributed by atoms with E-state index in [1.165, 1.54) is 6.08 Å². The maximum absolute atomic E-state index is 13.0. The van der Waals surface area contributed by atoms with E-state index in [1.807, 2.05) is 24.3 Å². The van der Waals surface area contributed by atoms with Gasteiger partial charge in [0.2, 0.25) is 0 Å². The molecule has 1 amide bonds. The van der Waals surface area contributed by atoms with Crippen molar-refractivity contribution in [3.05, 3.63) is 59.7 Å². The molecule has 8 nitrogen and oxygen atoms in total. The molecule has 0 bridgehead atoms. The molecule has 0 spiro atoms. The minimum absolute atomic E-state index is 0.215. The molecule has 30 heavy (non-hydrogen) atoms. The fourth-order valence-electron chi connectivity index (χ4n) is 3.25. The van der Waals surface area contributed by atoms with Crippen LogP contribution in [-0.4, -0.2) is 51.6 Å². The monoisotopic (exact) mass is 409 g/mol. The van der Waals surface area contributed by atoms with E-state index in [0.717, 1.165) is 25.0 Å². The highest BCUT2D eigenvalue weighted by Crippen LogP contribution is 2.28. The Balaban J connectivity index is 1.86. The summed E-state index contributed by atoms with van der Waals surface area (Å²) in [6.45, 7) is 3.47. The lowest BCUT2D eigenvalue weighted by molar-refractivity contribution is 0.102. The second-order valence-corrected chi connectivity index (χ2v) is 6.71. The third-order valence-electron chi connectivity index (χ3n) is 4.69. The standard InChI is InChI=1S/C22H27N5O3/c23-8-7-19(25)18-15-16(5-6-21(18)30-12-9-24)26-22(28)17-3-1-2-4-20(17)27-10-13-29-14-11-27/h1-8,15,23H,9-14,24-25H2,(H,26,28)/b19-7-,23-8?. The van der Waals surface area contributed by atoms with Crippen molar-refractivity contribution in [3.63, 3.8) is 0 Å². The molecule has 1 fully saturated rings. The number of carbonyl (C=O) groups is 1. The molecule has 0 saturated carbocycles. The zero-order chi connectivity index (χ0) is 21.3. The van der Waals surface area contributed by atoms with Crippen molar-refractivity contribution < 1.29 is 14.3 Å². The van der Waals surface area contributed by atoms with Crippen molar-refractivity contribution in [2.75, 3.05) is 49.7 Å². The zero-order valence-electron chi connectivity index (χ0n) is 16.8. The summed E-state index contributed by atoms with van der Waals surface area (Å²) < 4.78 is 11.1. The highest BCUT2D eigenvalue weighted by Gasteiger charge is 2.19. The van der Waals surface area contributed by atoms with E-state index in [9.17, 15) is 4.79 Å². The smallest absolute Gasteiger partial charge is 0.257 e. The number of allylic oxidation sites excluding steroid dienone is 1. The molecule has 158 valence electrons. The number of carbonyl (C=O) groups excluding carboxylic acids is 1. The number of nitrogens with one attached hydrogen (secondary N) is 2. The normalized spacial score (nSPS) is 14.3. The van der Waals surface area contributed by atoms with Gasteiger partial charge >= 0.3 is 0 Å². The molecule has 1 aliphatic heterocycles. The zero-order valence-corrected chi connectivity index (χ0v) is 16.8. The third kappa shape index (κ3) is 5.16. The molecule has 0 unspecified atom stereocenters. The Labute approximate surface area is 176 Å². The van der Waals surface area contributed by atoms with Crippen LogP contribution in [0.25, 0.3) is 5.70 Å². The van der Waals surface area contributed by atoms with Gasteiger partial charge in [-0.3, -0.25) is 4.79 Å². The van der Waals surface area contributed by atoms with Gasteiger partial charge in [0, 0.05) is 48.5 Å². The van der Waals surface area contributed by atoms with Gasteiger partial charge in [0.05, 0.1) is 18.8 Å². The van der Waals surface area contributed by atoms with Crippen molar-refractivity contribution in [1.29, 1.82) is 5.41 Å². The van der Waals surface area contributed by atoms with Gasteiger partial charge in [0.1, 0.15) is 12.4 Å². The van der Waals surface area contributed by atoms with Gasteiger partial charge in [-0.05, 0) is 36.4 Å². The fourth-order valence-corrected chi connectivity index (χ4v) is 3.25. The molecule has 8 heteroatoms. The first-order valence-electron chi connectivity index (χ1n) is 9.80. The lowest BCUT2D eigenvalue weighted by atomic mass is 10.1. The van der Waals surface area contributed by atoms with Crippen molar-refractivity contribution in [2.24, 2.45) is 11.5 Å². The SMILES string of the molecule is N=C/C=C(\N)c1cc(NC(=O)c2ccccc2N2CCOCC2)ccc1OCCN. The second kappa shape index (κ2) is 10.4. The van der Waals surface area contributed by atoms with E-state index in [4.69, 9.17) is 26.4 Å². The highest BCUT2D eigenvalue weighted by molar-refractivity contribution is 6.08. The Hall–Kier alpha value is -3.36. The number of amides is 1. The van der Waals surface area contributed by atoms with Crippen LogP contribution in [0.3, 0.4) is 0 Å². The molecule has 2 aromatic carbocycles. The number of nitrogens with zero attached hydrogens (tertiary/aromatic N) is 1. The van der Waals surface area contributed by atoms with Crippen LogP contribution in [0.1, 0.15) is 15.9 Å². The summed E-state index contributed by atoms with van der Waals surface area (Å²) in [6.07, 6.45) is 2.57. The molecule has 0 atom stereocenters. The van der Waals surface area contributed by atoms with Gasteiger partial charge in [-0.15, -0.1) is 0 Å². The maximum Gasteiger partial charge on any atom is 0.257 e. The van der Waals surface area contributed by atoms with E-state index < -0.39 is 0 Å². The summed E-state index contributed by atoms with van der Waals surface area (Å²) in [5, 5.41) is 10.2. The number of nitrogens with two attached hydrogens (primary N) is 2. The van der Waals surface area contributed by atoms with Crippen LogP contribution < -0.4 is 26.4 Å². The van der Waals surface area contributed by atoms with Crippen molar-refractivity contribution in [3.8, 4) is 5.75 Å². The molecule has 0 radical (unpaired) electrons. The van der Waals surface area contributed by atoms with Crippen LogP contribution in [0.2, 0.25) is 0 Å². The minimum Gasteiger partial charge on any atom is -0.492 e. The summed E-state index contributed by atoms with van der Waals surface area (Å²) in [7, 11) is 0. The summed E-state index contributed by atoms with van der Waals surface area (Å²) >= 11 is 0. The molecule has 1 heterocycles. The largest absolute Gasteiger partial charge is 0.492 e. The third-order valence-corrected chi connectivity index (χ3v) is 4.69. The van der Waals surface area contributed by atoms with Gasteiger partial charge in [-0.25, -0.2) is 0 Å². The Morgan fingerprint density at radius 1 is 1.20 bits per heavy atom. The highest BCUT2D eigenvalue weighted by atomic mass is 16.5. The van der Waals surface area contributed by atoms with E-state index >= 15 is 0 Å². The van der Waals surface area contributed by atoms with Crippen molar-refractivity contribution in [2.45, 2.75) is 0 Å². The van der Waals surface area contributed by atoms with Crippen LogP contribution in [0, 0.1) is 5.41 Å². The first-order chi connectivity index (χ1) is 14.6. The minimum atomic E-state index is -0.215. The number of ether oxygens (including phenoxy) is 2. The topological polar surface area (TPSA) is 127 Å². The quantitative estimate of drug-likeness (QED) is 0.494. The van der Waals surface area contributed by atoms with E-state index in [1.54, 1.807) is 18.2 Å². The molecule has 3 rings (SSSR count). The lowest BCUT2D eigenvalue weighted by Gasteiger charge is -2.30. The lowest BCUT2D eigenvalue weighted by Crippen LogP contribution is -2.37. The van der Waals surface area contributed by atoms with Gasteiger partial charge in [0.25, 0.3) is 5.91 Å². The molecule has 1 saturated heterocycles. The molecular formula is C22H27N5O3. The summed E-state index contributed by atoms with van der Waals surface area (Å²) in [5.74, 6) is 0.330. The number of anilines is 2. The number of morpholine rings is 1. The van der Waals surface area contributed by atoms with Gasteiger partial charge < -0.3 is 36.6 Å². The first-order valence-corrected chi connectivity index (χ1v) is 9.80. The van der Waals surface area contributed by atoms with E-state index in [-0.39, 0.29) is 5.91 Å².